The molecule has 15 heavy (non-hydrogen) atoms. The molecule has 0 unspecified atom stereocenters. The summed E-state index contributed by atoms with van der Waals surface area (Å²) in [6.07, 6.45) is 0. The Labute approximate surface area is 83.2 Å². The van der Waals surface area contributed by atoms with Crippen LogP contribution in [-0.2, 0) is 9.59 Å². The van der Waals surface area contributed by atoms with Crippen LogP contribution in [0, 0.1) is 0 Å². The second-order valence-electron chi connectivity index (χ2n) is 2.33. The molecule has 88 valence electrons. The third-order valence-electron chi connectivity index (χ3n) is 1.33. The normalized spacial score (nSPS) is 13.7. The largest absolute Gasteiger partial charge is 0.477 e. The van der Waals surface area contributed by atoms with E-state index in [4.69, 9.17) is 10.2 Å². The first-order chi connectivity index (χ1) is 6.39. The van der Waals surface area contributed by atoms with E-state index in [2.05, 4.69) is 11.6 Å². The van der Waals surface area contributed by atoms with Crippen LogP contribution in [0.4, 0.5) is 22.0 Å². The molecule has 4 nitrogen and oxygen atoms in total. The number of rotatable bonds is 4. The van der Waals surface area contributed by atoms with Crippen LogP contribution in [0.25, 0.3) is 0 Å². The molecule has 0 amide bonds. The highest BCUT2D eigenvalue weighted by molar-refractivity contribution is 6.27. The van der Waals surface area contributed by atoms with E-state index in [-0.39, 0.29) is 0 Å². The van der Waals surface area contributed by atoms with Gasteiger partial charge in [-0.15, -0.1) is 0 Å². The number of hydrogen-bond donors (Lipinski definition) is 2. The molecular weight excluding hydrogens is 254 g/mol. The number of carbonyl (C=O) groups is 2. The standard InChI is InChI=1S/C5H2ClF5O4/c6-5(11,3(7,8)1(12)13)4(9,10)2(14)15/h(H,12,13)(H,14,15). The van der Waals surface area contributed by atoms with Gasteiger partial charge in [0, 0.05) is 0 Å². The van der Waals surface area contributed by atoms with Gasteiger partial charge in [0.15, 0.2) is 0 Å². The second kappa shape index (κ2) is 3.47. The molecule has 0 aliphatic rings. The SMILES string of the molecule is O=C(O)C(F)(F)C(F)(Cl)C(F)(F)C(=O)O. The summed E-state index contributed by atoms with van der Waals surface area (Å²) >= 11 is 3.98. The molecule has 10 heteroatoms. The van der Waals surface area contributed by atoms with Crippen molar-refractivity contribution in [1.82, 2.24) is 0 Å². The van der Waals surface area contributed by atoms with E-state index >= 15 is 0 Å². The van der Waals surface area contributed by atoms with Crippen molar-refractivity contribution in [3.05, 3.63) is 0 Å². The van der Waals surface area contributed by atoms with Gasteiger partial charge in [-0.25, -0.2) is 14.0 Å². The van der Waals surface area contributed by atoms with Gasteiger partial charge >= 0.3 is 28.9 Å². The number of carboxylic acids is 2. The number of carboxylic acid groups (broad SMARTS) is 2. The van der Waals surface area contributed by atoms with E-state index in [1.54, 1.807) is 0 Å². The molecule has 0 rings (SSSR count). The van der Waals surface area contributed by atoms with Crippen molar-refractivity contribution in [1.29, 1.82) is 0 Å². The van der Waals surface area contributed by atoms with Crippen LogP contribution in [-0.4, -0.2) is 39.1 Å². The van der Waals surface area contributed by atoms with Gasteiger partial charge in [0.05, 0.1) is 0 Å². The maximum atomic E-state index is 12.7. The Morgan fingerprint density at radius 1 is 0.867 bits per heavy atom. The zero-order valence-corrected chi connectivity index (χ0v) is 7.23. The van der Waals surface area contributed by atoms with Gasteiger partial charge in [-0.05, 0) is 0 Å². The first kappa shape index (κ1) is 13.9. The molecule has 2 N–H and O–H groups in total. The highest BCUT2D eigenvalue weighted by atomic mass is 35.5. The fraction of sp³-hybridized carbons (Fsp3) is 0.600. The quantitative estimate of drug-likeness (QED) is 0.588. The highest BCUT2D eigenvalue weighted by Crippen LogP contribution is 2.47. The Kier molecular flexibility index (Phi) is 3.21. The van der Waals surface area contributed by atoms with Crippen molar-refractivity contribution in [2.24, 2.45) is 0 Å². The Bertz CT molecular complexity index is 274. The molecule has 0 radical (unpaired) electrons. The van der Waals surface area contributed by atoms with Gasteiger partial charge < -0.3 is 10.2 Å². The predicted octanol–water partition coefficient (Wildman–Crippen LogP) is 1.33. The van der Waals surface area contributed by atoms with Crippen LogP contribution in [0.3, 0.4) is 0 Å². The second-order valence-corrected chi connectivity index (χ2v) is 2.85. The molecule has 0 atom stereocenters. The molecule has 0 aromatic heterocycles. The average molecular weight is 257 g/mol. The van der Waals surface area contributed by atoms with Crippen molar-refractivity contribution in [3.8, 4) is 0 Å². The van der Waals surface area contributed by atoms with Crippen LogP contribution in [0.2, 0.25) is 0 Å². The van der Waals surface area contributed by atoms with Crippen LogP contribution in [0.15, 0.2) is 0 Å². The van der Waals surface area contributed by atoms with Gasteiger partial charge in [-0.1, -0.05) is 11.6 Å². The fourth-order valence-electron chi connectivity index (χ4n) is 0.466. The summed E-state index contributed by atoms with van der Waals surface area (Å²) in [6, 6.07) is 0. The summed E-state index contributed by atoms with van der Waals surface area (Å²) in [5.74, 6) is -18.1. The Morgan fingerprint density at radius 2 is 1.07 bits per heavy atom. The highest BCUT2D eigenvalue weighted by Gasteiger charge is 2.76. The zero-order chi connectivity index (χ0) is 12.7. The van der Waals surface area contributed by atoms with Crippen LogP contribution >= 0.6 is 11.6 Å². The van der Waals surface area contributed by atoms with Gasteiger partial charge in [-0.2, -0.15) is 17.6 Å². The van der Waals surface area contributed by atoms with Gasteiger partial charge in [0.2, 0.25) is 0 Å². The first-order valence-electron chi connectivity index (χ1n) is 2.99. The number of hydrogen-bond acceptors (Lipinski definition) is 2. The van der Waals surface area contributed by atoms with E-state index in [1.165, 1.54) is 0 Å². The molecule has 0 aromatic carbocycles. The lowest BCUT2D eigenvalue weighted by Crippen LogP contribution is -2.60. The molecule has 0 bridgehead atoms. The molecule has 0 aliphatic carbocycles. The predicted molar refractivity (Wildman–Crippen MR) is 34.9 cm³/mol. The summed E-state index contributed by atoms with van der Waals surface area (Å²) in [7, 11) is 0. The molecule has 0 fully saturated rings. The smallest absolute Gasteiger partial charge is 0.396 e. The zero-order valence-electron chi connectivity index (χ0n) is 6.48. The number of halogens is 6. The lowest BCUT2D eigenvalue weighted by Gasteiger charge is -2.28. The van der Waals surface area contributed by atoms with Crippen molar-refractivity contribution >= 4 is 23.5 Å². The van der Waals surface area contributed by atoms with E-state index < -0.39 is 28.9 Å². The molecule has 0 saturated carbocycles. The van der Waals surface area contributed by atoms with E-state index in [9.17, 15) is 31.5 Å². The molecule has 0 heterocycles. The van der Waals surface area contributed by atoms with Crippen molar-refractivity contribution in [2.45, 2.75) is 17.0 Å². The minimum atomic E-state index is -5.75. The maximum Gasteiger partial charge on any atom is 0.396 e. The van der Waals surface area contributed by atoms with E-state index in [0.717, 1.165) is 0 Å². The summed E-state index contributed by atoms with van der Waals surface area (Å²) in [5, 5.41) is 9.88. The third-order valence-corrected chi connectivity index (χ3v) is 1.80. The van der Waals surface area contributed by atoms with Crippen LogP contribution in [0.5, 0.6) is 0 Å². The van der Waals surface area contributed by atoms with Crippen LogP contribution in [0.1, 0.15) is 0 Å². The Hall–Kier alpha value is -1.12. The lowest BCUT2D eigenvalue weighted by atomic mass is 10.1. The Morgan fingerprint density at radius 3 is 1.20 bits per heavy atom. The fourth-order valence-corrected chi connectivity index (χ4v) is 0.627. The minimum Gasteiger partial charge on any atom is -0.477 e. The third kappa shape index (κ3) is 1.83. The lowest BCUT2D eigenvalue weighted by molar-refractivity contribution is -0.226. The van der Waals surface area contributed by atoms with Crippen molar-refractivity contribution in [2.75, 3.05) is 0 Å². The first-order valence-corrected chi connectivity index (χ1v) is 3.37. The average Bonchev–Trinajstić information content (AvgIpc) is 2.02. The number of alkyl halides is 6. The van der Waals surface area contributed by atoms with Gasteiger partial charge in [0.1, 0.15) is 0 Å². The molecule has 0 spiro atoms. The van der Waals surface area contributed by atoms with Crippen LogP contribution < -0.4 is 0 Å². The van der Waals surface area contributed by atoms with Crippen molar-refractivity contribution in [3.63, 3.8) is 0 Å². The summed E-state index contributed by atoms with van der Waals surface area (Å²) in [6.45, 7) is 0. The van der Waals surface area contributed by atoms with Gasteiger partial charge in [0.25, 0.3) is 0 Å². The summed E-state index contributed by atoms with van der Waals surface area (Å²) in [5.41, 5.74) is 0. The maximum absolute atomic E-state index is 12.7. The molecule has 0 saturated heterocycles. The topological polar surface area (TPSA) is 74.6 Å². The molecule has 0 aromatic rings. The Balaban J connectivity index is 5.50. The summed E-state index contributed by atoms with van der Waals surface area (Å²) < 4.78 is 62.0. The van der Waals surface area contributed by atoms with Crippen molar-refractivity contribution < 1.29 is 41.8 Å². The monoisotopic (exact) mass is 256 g/mol. The van der Waals surface area contributed by atoms with Gasteiger partial charge in [-0.3, -0.25) is 0 Å². The molecular formula is C5H2ClF5O4. The van der Waals surface area contributed by atoms with E-state index in [1.807, 2.05) is 0 Å². The molecule has 0 aliphatic heterocycles. The minimum absolute atomic E-state index is 3.30. The summed E-state index contributed by atoms with van der Waals surface area (Å²) in [4.78, 5) is 19.5. The number of aliphatic carboxylic acids is 2. The van der Waals surface area contributed by atoms with E-state index in [0.29, 0.717) is 0 Å².